The first-order chi connectivity index (χ1) is 9.38. The first kappa shape index (κ1) is 15.4. The smallest absolute Gasteiger partial charge is 0.276 e. The molecule has 108 valence electrons. The lowest BCUT2D eigenvalue weighted by atomic mass is 10.2. The number of hydrogen-bond donors (Lipinski definition) is 0. The van der Waals surface area contributed by atoms with Gasteiger partial charge in [-0.25, -0.2) is 4.68 Å². The predicted molar refractivity (Wildman–Crippen MR) is 87.8 cm³/mol. The van der Waals surface area contributed by atoms with Crippen LogP contribution in [0.4, 0.5) is 0 Å². The summed E-state index contributed by atoms with van der Waals surface area (Å²) in [6.07, 6.45) is 1.70. The van der Waals surface area contributed by atoms with Crippen molar-refractivity contribution in [2.45, 2.75) is 32.4 Å². The minimum absolute atomic E-state index is 0.114. The van der Waals surface area contributed by atoms with Crippen molar-refractivity contribution in [3.05, 3.63) is 39.2 Å². The molecule has 1 aromatic heterocycles. The van der Waals surface area contributed by atoms with Crippen LogP contribution in [0.5, 0.6) is 0 Å². The van der Waals surface area contributed by atoms with Gasteiger partial charge in [0.2, 0.25) is 0 Å². The minimum atomic E-state index is -1.10. The van der Waals surface area contributed by atoms with Gasteiger partial charge >= 0.3 is 0 Å². The Labute approximate surface area is 127 Å². The van der Waals surface area contributed by atoms with Crippen molar-refractivity contribution in [3.8, 4) is 0 Å². The summed E-state index contributed by atoms with van der Waals surface area (Å²) in [5, 5.41) is 5.65. The summed E-state index contributed by atoms with van der Waals surface area (Å²) in [7, 11) is -1.10. The van der Waals surface area contributed by atoms with Gasteiger partial charge in [0, 0.05) is 24.5 Å². The van der Waals surface area contributed by atoms with Crippen molar-refractivity contribution >= 4 is 34.8 Å². The number of rotatable bonds is 5. The van der Waals surface area contributed by atoms with E-state index in [9.17, 15) is 4.79 Å². The number of halogens is 1. The first-order valence-corrected chi connectivity index (χ1v) is 11.1. The van der Waals surface area contributed by atoms with E-state index in [4.69, 9.17) is 4.74 Å². The minimum Gasteiger partial charge on any atom is -0.359 e. The van der Waals surface area contributed by atoms with Crippen LogP contribution in [-0.2, 0) is 11.5 Å². The highest BCUT2D eigenvalue weighted by molar-refractivity contribution is 9.10. The molecule has 0 unspecified atom stereocenters. The predicted octanol–water partition coefficient (Wildman–Crippen LogP) is 3.47. The van der Waals surface area contributed by atoms with Crippen molar-refractivity contribution < 1.29 is 4.74 Å². The number of benzene rings is 1. The zero-order chi connectivity index (χ0) is 14.8. The molecular weight excluding hydrogens is 336 g/mol. The molecule has 0 aliphatic rings. The van der Waals surface area contributed by atoms with Gasteiger partial charge in [-0.1, -0.05) is 41.6 Å². The molecule has 20 heavy (non-hydrogen) atoms. The lowest BCUT2D eigenvalue weighted by Crippen LogP contribution is -2.26. The molecule has 0 aliphatic carbocycles. The first-order valence-electron chi connectivity index (χ1n) is 6.60. The number of aromatic nitrogens is 2. The van der Waals surface area contributed by atoms with Gasteiger partial charge in [-0.3, -0.25) is 4.79 Å². The molecule has 0 atom stereocenters. The molecule has 4 nitrogen and oxygen atoms in total. The van der Waals surface area contributed by atoms with E-state index in [1.54, 1.807) is 6.20 Å². The normalized spacial score (nSPS) is 12.0. The van der Waals surface area contributed by atoms with E-state index >= 15 is 0 Å². The monoisotopic (exact) mass is 354 g/mol. The third kappa shape index (κ3) is 3.77. The number of fused-ring (bicyclic) bond motifs is 1. The van der Waals surface area contributed by atoms with Crippen molar-refractivity contribution in [1.82, 2.24) is 9.78 Å². The van der Waals surface area contributed by atoms with Crippen LogP contribution in [0.1, 0.15) is 0 Å². The molecule has 0 fully saturated rings. The fraction of sp³-hybridized carbons (Fsp3) is 0.429. The Bertz CT molecular complexity index is 664. The zero-order valence-electron chi connectivity index (χ0n) is 12.0. The van der Waals surface area contributed by atoms with Crippen molar-refractivity contribution in [2.24, 2.45) is 0 Å². The molecule has 0 N–H and O–H groups in total. The number of ether oxygens (including phenoxy) is 1. The SMILES string of the molecule is C[Si](C)(C)CCOCn1ncc2c(Br)cccc2c1=O. The largest absolute Gasteiger partial charge is 0.359 e. The Hall–Kier alpha value is -0.983. The van der Waals surface area contributed by atoms with Gasteiger partial charge in [0.05, 0.1) is 11.6 Å². The van der Waals surface area contributed by atoms with Crippen LogP contribution in [0.15, 0.2) is 33.7 Å². The average molecular weight is 355 g/mol. The van der Waals surface area contributed by atoms with Crippen molar-refractivity contribution in [1.29, 1.82) is 0 Å². The Kier molecular flexibility index (Phi) is 4.77. The lowest BCUT2D eigenvalue weighted by molar-refractivity contribution is 0.0754. The molecule has 6 heteroatoms. The molecule has 0 aliphatic heterocycles. The number of hydrogen-bond acceptors (Lipinski definition) is 3. The maximum Gasteiger partial charge on any atom is 0.276 e. The summed E-state index contributed by atoms with van der Waals surface area (Å²) in [6.45, 7) is 7.79. The Morgan fingerprint density at radius 2 is 2.05 bits per heavy atom. The molecule has 2 aromatic rings. The summed E-state index contributed by atoms with van der Waals surface area (Å²) in [4.78, 5) is 12.3. The topological polar surface area (TPSA) is 44.1 Å². The third-order valence-electron chi connectivity index (χ3n) is 3.05. The molecule has 0 saturated heterocycles. The van der Waals surface area contributed by atoms with Crippen LogP contribution in [0.3, 0.4) is 0 Å². The maximum absolute atomic E-state index is 12.3. The fourth-order valence-electron chi connectivity index (χ4n) is 1.79. The zero-order valence-corrected chi connectivity index (χ0v) is 14.6. The van der Waals surface area contributed by atoms with E-state index in [-0.39, 0.29) is 12.3 Å². The highest BCUT2D eigenvalue weighted by atomic mass is 79.9. The Morgan fingerprint density at radius 1 is 1.30 bits per heavy atom. The van der Waals surface area contributed by atoms with Gasteiger partial charge in [0.15, 0.2) is 0 Å². The van der Waals surface area contributed by atoms with Crippen LogP contribution in [-0.4, -0.2) is 24.5 Å². The second-order valence-corrected chi connectivity index (χ2v) is 12.5. The van der Waals surface area contributed by atoms with E-state index in [1.807, 2.05) is 18.2 Å². The van der Waals surface area contributed by atoms with Crippen LogP contribution in [0, 0.1) is 0 Å². The molecule has 1 aromatic carbocycles. The highest BCUT2D eigenvalue weighted by Crippen LogP contribution is 2.19. The summed E-state index contributed by atoms with van der Waals surface area (Å²) in [5.41, 5.74) is -0.114. The van der Waals surface area contributed by atoms with E-state index in [2.05, 4.69) is 40.7 Å². The average Bonchev–Trinajstić information content (AvgIpc) is 2.36. The van der Waals surface area contributed by atoms with Crippen LogP contribution in [0.25, 0.3) is 10.8 Å². The third-order valence-corrected chi connectivity index (χ3v) is 5.45. The van der Waals surface area contributed by atoms with E-state index < -0.39 is 8.07 Å². The molecule has 0 bridgehead atoms. The van der Waals surface area contributed by atoms with Crippen LogP contribution < -0.4 is 5.56 Å². The van der Waals surface area contributed by atoms with Crippen LogP contribution >= 0.6 is 15.9 Å². The molecule has 0 saturated carbocycles. The van der Waals surface area contributed by atoms with Gasteiger partial charge in [-0.15, -0.1) is 0 Å². The second-order valence-electron chi connectivity index (χ2n) is 6.00. The van der Waals surface area contributed by atoms with Gasteiger partial charge in [0.25, 0.3) is 5.56 Å². The van der Waals surface area contributed by atoms with Crippen molar-refractivity contribution in [2.75, 3.05) is 6.61 Å². The molecule has 0 radical (unpaired) electrons. The van der Waals surface area contributed by atoms with Gasteiger partial charge in [-0.05, 0) is 18.2 Å². The van der Waals surface area contributed by atoms with Gasteiger partial charge < -0.3 is 4.74 Å². The molecule has 1 heterocycles. The van der Waals surface area contributed by atoms with Gasteiger partial charge in [0.1, 0.15) is 6.73 Å². The maximum atomic E-state index is 12.3. The standard InChI is InChI=1S/C14H19BrN2O2Si/c1-20(2,3)8-7-19-10-17-14(18)11-5-4-6-13(15)12(11)9-16-17/h4-6,9H,7-8,10H2,1-3H3. The molecule has 0 spiro atoms. The van der Waals surface area contributed by atoms with E-state index in [0.29, 0.717) is 12.0 Å². The molecule has 0 amide bonds. The van der Waals surface area contributed by atoms with E-state index in [1.165, 1.54) is 4.68 Å². The number of nitrogens with zero attached hydrogens (tertiary/aromatic N) is 2. The van der Waals surface area contributed by atoms with Crippen molar-refractivity contribution in [3.63, 3.8) is 0 Å². The Balaban J connectivity index is 2.12. The summed E-state index contributed by atoms with van der Waals surface area (Å²) in [6, 6.07) is 6.64. The fourth-order valence-corrected chi connectivity index (χ4v) is 3.02. The second kappa shape index (κ2) is 6.20. The lowest BCUT2D eigenvalue weighted by Gasteiger charge is -2.15. The molecule has 2 rings (SSSR count). The summed E-state index contributed by atoms with van der Waals surface area (Å²) < 4.78 is 7.83. The van der Waals surface area contributed by atoms with Crippen LogP contribution in [0.2, 0.25) is 25.7 Å². The quantitative estimate of drug-likeness (QED) is 0.609. The summed E-state index contributed by atoms with van der Waals surface area (Å²) >= 11 is 3.43. The Morgan fingerprint density at radius 3 is 2.75 bits per heavy atom. The van der Waals surface area contributed by atoms with Gasteiger partial charge in [-0.2, -0.15) is 5.10 Å². The molecular formula is C14H19BrN2O2Si. The highest BCUT2D eigenvalue weighted by Gasteiger charge is 2.12. The van der Waals surface area contributed by atoms with E-state index in [0.717, 1.165) is 15.9 Å². The summed E-state index contributed by atoms with van der Waals surface area (Å²) in [5.74, 6) is 0.